The van der Waals surface area contributed by atoms with Crippen molar-refractivity contribution in [2.24, 2.45) is 0 Å². The van der Waals surface area contributed by atoms with Crippen LogP contribution in [0.25, 0.3) is 15.2 Å². The molecule has 8 heteroatoms. The lowest BCUT2D eigenvalue weighted by Crippen LogP contribution is -2.27. The summed E-state index contributed by atoms with van der Waals surface area (Å²) in [5, 5.41) is 11.2. The van der Waals surface area contributed by atoms with Gasteiger partial charge in [0, 0.05) is 11.9 Å². The van der Waals surface area contributed by atoms with Gasteiger partial charge in [0.15, 0.2) is 5.16 Å². The minimum Gasteiger partial charge on any atom is -0.340 e. The first-order chi connectivity index (χ1) is 11.7. The molecule has 0 saturated heterocycles. The van der Waals surface area contributed by atoms with E-state index in [-0.39, 0.29) is 5.91 Å². The van der Waals surface area contributed by atoms with Crippen molar-refractivity contribution in [3.05, 3.63) is 46.7 Å². The van der Waals surface area contributed by atoms with E-state index in [2.05, 4.69) is 22.3 Å². The molecule has 0 aliphatic rings. The molecule has 0 atom stereocenters. The SMILES string of the molecule is CN(Cc1cccs1)C(=O)CSc1nnc2sc3ccccc3n12. The summed E-state index contributed by atoms with van der Waals surface area (Å²) in [5.41, 5.74) is 1.09. The number of thioether (sulfide) groups is 1. The summed E-state index contributed by atoms with van der Waals surface area (Å²) < 4.78 is 3.20. The van der Waals surface area contributed by atoms with Crippen LogP contribution in [0.5, 0.6) is 0 Å². The molecule has 24 heavy (non-hydrogen) atoms. The highest BCUT2D eigenvalue weighted by molar-refractivity contribution is 7.99. The second-order valence-electron chi connectivity index (χ2n) is 5.29. The van der Waals surface area contributed by atoms with Crippen molar-refractivity contribution in [1.82, 2.24) is 19.5 Å². The van der Waals surface area contributed by atoms with E-state index >= 15 is 0 Å². The van der Waals surface area contributed by atoms with Gasteiger partial charge in [0.1, 0.15) is 0 Å². The van der Waals surface area contributed by atoms with Crippen molar-refractivity contribution < 1.29 is 4.79 Å². The molecule has 122 valence electrons. The van der Waals surface area contributed by atoms with E-state index in [1.54, 1.807) is 27.6 Å². The third-order valence-corrected chi connectivity index (χ3v) is 6.42. The lowest BCUT2D eigenvalue weighted by Gasteiger charge is -2.15. The molecule has 3 heterocycles. The molecule has 4 aromatic rings. The van der Waals surface area contributed by atoms with Gasteiger partial charge in [-0.25, -0.2) is 0 Å². The van der Waals surface area contributed by atoms with Crippen molar-refractivity contribution >= 4 is 55.5 Å². The Bertz CT molecular complexity index is 989. The van der Waals surface area contributed by atoms with Crippen LogP contribution in [0.1, 0.15) is 4.88 Å². The van der Waals surface area contributed by atoms with E-state index < -0.39 is 0 Å². The topological polar surface area (TPSA) is 50.5 Å². The zero-order valence-corrected chi connectivity index (χ0v) is 15.3. The van der Waals surface area contributed by atoms with E-state index in [4.69, 9.17) is 0 Å². The summed E-state index contributed by atoms with van der Waals surface area (Å²) in [6.07, 6.45) is 0. The monoisotopic (exact) mass is 374 g/mol. The zero-order valence-electron chi connectivity index (χ0n) is 12.9. The number of nitrogens with zero attached hydrogens (tertiary/aromatic N) is 4. The third-order valence-electron chi connectivity index (χ3n) is 3.63. The maximum Gasteiger partial charge on any atom is 0.233 e. The molecule has 0 fully saturated rings. The molecular weight excluding hydrogens is 360 g/mol. The fraction of sp³-hybridized carbons (Fsp3) is 0.188. The number of carbonyl (C=O) groups is 1. The van der Waals surface area contributed by atoms with E-state index in [1.165, 1.54) is 21.3 Å². The largest absolute Gasteiger partial charge is 0.340 e. The lowest BCUT2D eigenvalue weighted by atomic mass is 10.3. The average molecular weight is 375 g/mol. The van der Waals surface area contributed by atoms with Gasteiger partial charge in [-0.15, -0.1) is 21.5 Å². The highest BCUT2D eigenvalue weighted by Gasteiger charge is 2.16. The van der Waals surface area contributed by atoms with Crippen LogP contribution in [0.3, 0.4) is 0 Å². The molecule has 0 aliphatic heterocycles. The quantitative estimate of drug-likeness (QED) is 0.499. The number of thiophene rings is 1. The van der Waals surface area contributed by atoms with Crippen LogP contribution in [-0.4, -0.2) is 38.2 Å². The first kappa shape index (κ1) is 15.6. The number of rotatable bonds is 5. The van der Waals surface area contributed by atoms with Gasteiger partial charge in [0.05, 0.1) is 22.5 Å². The van der Waals surface area contributed by atoms with Crippen molar-refractivity contribution in [1.29, 1.82) is 0 Å². The molecule has 0 radical (unpaired) electrons. The predicted molar refractivity (Wildman–Crippen MR) is 99.9 cm³/mol. The number of fused-ring (bicyclic) bond motifs is 3. The second kappa shape index (κ2) is 6.54. The van der Waals surface area contributed by atoms with Gasteiger partial charge in [0.2, 0.25) is 10.9 Å². The standard InChI is InChI=1S/C16H14N4OS3/c1-19(9-11-5-4-8-22-11)14(21)10-23-15-17-18-16-20(15)12-6-2-3-7-13(12)24-16/h2-8H,9-10H2,1H3. The Morgan fingerprint density at radius 3 is 2.96 bits per heavy atom. The summed E-state index contributed by atoms with van der Waals surface area (Å²) in [7, 11) is 1.84. The van der Waals surface area contributed by atoms with Gasteiger partial charge in [-0.2, -0.15) is 0 Å². The molecule has 1 aromatic carbocycles. The molecule has 0 N–H and O–H groups in total. The molecule has 4 rings (SSSR count). The molecule has 1 amide bonds. The maximum atomic E-state index is 12.4. The van der Waals surface area contributed by atoms with Gasteiger partial charge < -0.3 is 4.90 Å². The summed E-state index contributed by atoms with van der Waals surface area (Å²) in [5.74, 6) is 0.442. The Hall–Kier alpha value is -1.90. The van der Waals surface area contributed by atoms with E-state index in [0.717, 1.165) is 15.6 Å². The van der Waals surface area contributed by atoms with Crippen molar-refractivity contribution in [3.8, 4) is 0 Å². The second-order valence-corrected chi connectivity index (χ2v) is 8.27. The Kier molecular flexibility index (Phi) is 4.26. The van der Waals surface area contributed by atoms with Gasteiger partial charge in [0.25, 0.3) is 0 Å². The predicted octanol–water partition coefficient (Wildman–Crippen LogP) is 3.76. The first-order valence-corrected chi connectivity index (χ1v) is 10.0. The maximum absolute atomic E-state index is 12.4. The number of benzene rings is 1. The molecule has 0 spiro atoms. The fourth-order valence-electron chi connectivity index (χ4n) is 2.41. The fourth-order valence-corrected chi connectivity index (χ4v) is 5.08. The Labute approximate surface area is 150 Å². The van der Waals surface area contributed by atoms with Crippen LogP contribution < -0.4 is 0 Å². The molecule has 3 aromatic heterocycles. The molecule has 0 bridgehead atoms. The van der Waals surface area contributed by atoms with Crippen molar-refractivity contribution in [3.63, 3.8) is 0 Å². The highest BCUT2D eigenvalue weighted by atomic mass is 32.2. The summed E-state index contributed by atoms with van der Waals surface area (Å²) in [6.45, 7) is 0.647. The Balaban J connectivity index is 1.49. The van der Waals surface area contributed by atoms with E-state index in [1.807, 2.05) is 41.1 Å². The van der Waals surface area contributed by atoms with Crippen LogP contribution >= 0.6 is 34.4 Å². The van der Waals surface area contributed by atoms with Crippen molar-refractivity contribution in [2.75, 3.05) is 12.8 Å². The zero-order chi connectivity index (χ0) is 16.5. The van der Waals surface area contributed by atoms with Gasteiger partial charge in [-0.1, -0.05) is 41.3 Å². The first-order valence-electron chi connectivity index (χ1n) is 7.34. The molecule has 0 aliphatic carbocycles. The molecular formula is C16H14N4OS3. The Morgan fingerprint density at radius 1 is 1.25 bits per heavy atom. The molecule has 5 nitrogen and oxygen atoms in total. The van der Waals surface area contributed by atoms with Crippen LogP contribution in [0.2, 0.25) is 0 Å². The average Bonchev–Trinajstić information content (AvgIpc) is 3.29. The number of amides is 1. The van der Waals surface area contributed by atoms with Gasteiger partial charge in [-0.3, -0.25) is 9.20 Å². The number of hydrogen-bond acceptors (Lipinski definition) is 6. The Morgan fingerprint density at radius 2 is 2.12 bits per heavy atom. The number of thiazole rings is 1. The third kappa shape index (κ3) is 2.92. The van der Waals surface area contributed by atoms with Crippen LogP contribution in [0.15, 0.2) is 46.9 Å². The smallest absolute Gasteiger partial charge is 0.233 e. The van der Waals surface area contributed by atoms with E-state index in [9.17, 15) is 4.79 Å². The molecule has 0 unspecified atom stereocenters. The summed E-state index contributed by atoms with van der Waals surface area (Å²) >= 11 is 4.70. The number of hydrogen-bond donors (Lipinski definition) is 0. The van der Waals surface area contributed by atoms with E-state index in [0.29, 0.717) is 12.3 Å². The van der Waals surface area contributed by atoms with Crippen LogP contribution in [0, 0.1) is 0 Å². The van der Waals surface area contributed by atoms with Crippen LogP contribution in [0.4, 0.5) is 0 Å². The lowest BCUT2D eigenvalue weighted by molar-refractivity contribution is -0.127. The minimum absolute atomic E-state index is 0.0877. The normalized spacial score (nSPS) is 11.4. The van der Waals surface area contributed by atoms with Gasteiger partial charge >= 0.3 is 0 Å². The summed E-state index contributed by atoms with van der Waals surface area (Å²) in [6, 6.07) is 12.2. The number of para-hydroxylation sites is 1. The highest BCUT2D eigenvalue weighted by Crippen LogP contribution is 2.29. The number of carbonyl (C=O) groups excluding carboxylic acids is 1. The number of aromatic nitrogens is 3. The van der Waals surface area contributed by atoms with Gasteiger partial charge in [-0.05, 0) is 23.6 Å². The van der Waals surface area contributed by atoms with Crippen molar-refractivity contribution in [2.45, 2.75) is 11.7 Å². The van der Waals surface area contributed by atoms with Crippen LogP contribution in [-0.2, 0) is 11.3 Å². The minimum atomic E-state index is 0.0877. The molecule has 0 saturated carbocycles. The summed E-state index contributed by atoms with van der Waals surface area (Å²) in [4.78, 5) is 16.2.